The first-order chi connectivity index (χ1) is 14.5. The van der Waals surface area contributed by atoms with E-state index in [1.54, 1.807) is 26.0 Å². The van der Waals surface area contributed by atoms with Crippen molar-refractivity contribution in [1.82, 2.24) is 0 Å². The number of nitrogens with one attached hydrogen (secondary N) is 3. The minimum atomic E-state index is -0.518. The topological polar surface area (TPSA) is 91.9 Å². The summed E-state index contributed by atoms with van der Waals surface area (Å²) in [4.78, 5) is 26.7. The molecule has 2 heterocycles. The Kier molecular flexibility index (Phi) is 5.76. The average molecular weight is 410 g/mol. The summed E-state index contributed by atoms with van der Waals surface area (Å²) < 4.78 is 10.9. The van der Waals surface area contributed by atoms with Gasteiger partial charge in [-0.15, -0.1) is 0 Å². The number of benzene rings is 2. The van der Waals surface area contributed by atoms with Crippen LogP contribution < -0.4 is 25.6 Å². The zero-order valence-corrected chi connectivity index (χ0v) is 17.1. The molecule has 0 radical (unpaired) electrons. The minimum Gasteiger partial charge on any atom is -0.479 e. The van der Waals surface area contributed by atoms with Crippen molar-refractivity contribution in [3.8, 4) is 5.75 Å². The molecule has 0 aromatic heterocycles. The Hall–Kier alpha value is -3.26. The summed E-state index contributed by atoms with van der Waals surface area (Å²) in [6, 6.07) is 12.7. The van der Waals surface area contributed by atoms with Crippen LogP contribution in [0.2, 0.25) is 0 Å². The first-order valence-corrected chi connectivity index (χ1v) is 10.1. The molecule has 30 heavy (non-hydrogen) atoms. The van der Waals surface area contributed by atoms with Gasteiger partial charge in [-0.05, 0) is 56.3 Å². The Labute approximate surface area is 175 Å². The largest absolute Gasteiger partial charge is 0.479 e. The molecule has 2 unspecified atom stereocenters. The summed E-state index contributed by atoms with van der Waals surface area (Å²) in [6.07, 6.45) is -0.518. The number of nitrogens with zero attached hydrogens (tertiary/aromatic N) is 1. The maximum Gasteiger partial charge on any atom is 0.265 e. The maximum absolute atomic E-state index is 12.6. The lowest BCUT2D eigenvalue weighted by atomic mass is 10.2. The third-order valence-corrected chi connectivity index (χ3v) is 5.20. The van der Waals surface area contributed by atoms with Crippen LogP contribution in [-0.2, 0) is 14.3 Å². The van der Waals surface area contributed by atoms with Crippen molar-refractivity contribution in [1.29, 1.82) is 0 Å². The maximum atomic E-state index is 12.6. The van der Waals surface area contributed by atoms with Crippen LogP contribution in [0.5, 0.6) is 5.75 Å². The van der Waals surface area contributed by atoms with E-state index in [0.717, 1.165) is 43.4 Å². The van der Waals surface area contributed by atoms with Crippen molar-refractivity contribution >= 4 is 34.6 Å². The number of fused-ring (bicyclic) bond motifs is 1. The lowest BCUT2D eigenvalue weighted by molar-refractivity contribution is -0.122. The van der Waals surface area contributed by atoms with E-state index >= 15 is 0 Å². The highest BCUT2D eigenvalue weighted by Crippen LogP contribution is 2.32. The number of morpholine rings is 1. The zero-order valence-electron chi connectivity index (χ0n) is 17.1. The van der Waals surface area contributed by atoms with Gasteiger partial charge in [-0.3, -0.25) is 9.59 Å². The molecule has 2 aromatic carbocycles. The Morgan fingerprint density at radius 1 is 1.13 bits per heavy atom. The summed E-state index contributed by atoms with van der Waals surface area (Å²) in [7, 11) is 0. The Balaban J connectivity index is 1.35. The predicted octanol–water partition coefficient (Wildman–Crippen LogP) is 2.68. The summed E-state index contributed by atoms with van der Waals surface area (Å²) in [5.41, 5.74) is 3.17. The molecular weight excluding hydrogens is 384 g/mol. The second-order valence-corrected chi connectivity index (χ2v) is 7.46. The molecular formula is C22H26N4O4. The number of anilines is 4. The molecule has 3 N–H and O–H groups in total. The summed E-state index contributed by atoms with van der Waals surface area (Å²) in [5, 5.41) is 8.90. The molecule has 1 fully saturated rings. The molecule has 158 valence electrons. The molecule has 0 saturated carbocycles. The molecule has 2 atom stereocenters. The van der Waals surface area contributed by atoms with Crippen LogP contribution in [0.25, 0.3) is 0 Å². The van der Waals surface area contributed by atoms with Crippen LogP contribution >= 0.6 is 0 Å². The van der Waals surface area contributed by atoms with E-state index in [-0.39, 0.29) is 11.8 Å². The van der Waals surface area contributed by atoms with E-state index in [0.29, 0.717) is 11.4 Å². The minimum absolute atomic E-state index is 0.152. The molecule has 2 aliphatic rings. The third-order valence-electron chi connectivity index (χ3n) is 5.20. The molecule has 8 nitrogen and oxygen atoms in total. The molecule has 0 aliphatic carbocycles. The van der Waals surface area contributed by atoms with Crippen LogP contribution in [0.1, 0.15) is 13.8 Å². The average Bonchev–Trinajstić information content (AvgIpc) is 2.76. The van der Waals surface area contributed by atoms with Gasteiger partial charge in [-0.1, -0.05) is 0 Å². The van der Waals surface area contributed by atoms with Gasteiger partial charge in [0.2, 0.25) is 5.91 Å². The first kappa shape index (κ1) is 20.0. The molecule has 1 saturated heterocycles. The zero-order chi connectivity index (χ0) is 21.1. The van der Waals surface area contributed by atoms with Gasteiger partial charge in [-0.2, -0.15) is 0 Å². The normalized spacial score (nSPS) is 19.2. The molecule has 4 rings (SSSR count). The number of amides is 2. The molecule has 2 aromatic rings. The van der Waals surface area contributed by atoms with Crippen molar-refractivity contribution in [3.05, 3.63) is 42.5 Å². The van der Waals surface area contributed by atoms with Crippen LogP contribution in [0.15, 0.2) is 42.5 Å². The van der Waals surface area contributed by atoms with Crippen molar-refractivity contribution < 1.29 is 19.1 Å². The van der Waals surface area contributed by atoms with E-state index in [1.165, 1.54) is 0 Å². The quantitative estimate of drug-likeness (QED) is 0.702. The van der Waals surface area contributed by atoms with Gasteiger partial charge in [0.1, 0.15) is 11.8 Å². The fraction of sp³-hybridized carbons (Fsp3) is 0.364. The predicted molar refractivity (Wildman–Crippen MR) is 116 cm³/mol. The number of ether oxygens (including phenoxy) is 2. The Morgan fingerprint density at radius 3 is 2.57 bits per heavy atom. The molecule has 2 aliphatic heterocycles. The van der Waals surface area contributed by atoms with Crippen molar-refractivity contribution in [3.63, 3.8) is 0 Å². The van der Waals surface area contributed by atoms with E-state index in [9.17, 15) is 9.59 Å². The fourth-order valence-corrected chi connectivity index (χ4v) is 3.44. The highest BCUT2D eigenvalue weighted by molar-refractivity contribution is 5.99. The van der Waals surface area contributed by atoms with Crippen molar-refractivity contribution in [2.45, 2.75) is 26.0 Å². The third kappa shape index (κ3) is 4.49. The summed E-state index contributed by atoms with van der Waals surface area (Å²) in [5.74, 6) is 0.275. The monoisotopic (exact) mass is 410 g/mol. The van der Waals surface area contributed by atoms with Crippen LogP contribution in [0.4, 0.5) is 22.7 Å². The number of hydrogen-bond donors (Lipinski definition) is 3. The van der Waals surface area contributed by atoms with Gasteiger partial charge >= 0.3 is 0 Å². The second kappa shape index (κ2) is 8.62. The van der Waals surface area contributed by atoms with Gasteiger partial charge in [0.25, 0.3) is 5.91 Å². The summed E-state index contributed by atoms with van der Waals surface area (Å²) >= 11 is 0. The number of carbonyl (C=O) groups is 2. The molecule has 0 spiro atoms. The Bertz CT molecular complexity index is 925. The number of hydrogen-bond acceptors (Lipinski definition) is 6. The van der Waals surface area contributed by atoms with Gasteiger partial charge < -0.3 is 30.3 Å². The highest BCUT2D eigenvalue weighted by atomic mass is 16.5. The van der Waals surface area contributed by atoms with E-state index in [4.69, 9.17) is 9.47 Å². The van der Waals surface area contributed by atoms with E-state index < -0.39 is 12.1 Å². The van der Waals surface area contributed by atoms with E-state index in [1.807, 2.05) is 30.3 Å². The fourth-order valence-electron chi connectivity index (χ4n) is 3.44. The molecule has 0 bridgehead atoms. The molecule has 8 heteroatoms. The number of rotatable bonds is 5. The second-order valence-electron chi connectivity index (χ2n) is 7.46. The summed E-state index contributed by atoms with van der Waals surface area (Å²) in [6.45, 7) is 6.70. The van der Waals surface area contributed by atoms with E-state index in [2.05, 4.69) is 20.9 Å². The van der Waals surface area contributed by atoms with Crippen LogP contribution in [-0.4, -0.2) is 50.3 Å². The van der Waals surface area contributed by atoms with Gasteiger partial charge in [-0.25, -0.2) is 0 Å². The highest BCUT2D eigenvalue weighted by Gasteiger charge is 2.24. The SMILES string of the molecule is CC(Nc1ccc2c(c1)NC(=O)C(C)O2)C(=O)Nc1ccc(N2CCOCC2)cc1. The number of carbonyl (C=O) groups excluding carboxylic acids is 2. The lowest BCUT2D eigenvalue weighted by Crippen LogP contribution is -2.36. The van der Waals surface area contributed by atoms with Gasteiger partial charge in [0, 0.05) is 30.2 Å². The molecule has 2 amide bonds. The smallest absolute Gasteiger partial charge is 0.265 e. The Morgan fingerprint density at radius 2 is 1.83 bits per heavy atom. The van der Waals surface area contributed by atoms with Gasteiger partial charge in [0.15, 0.2) is 6.10 Å². The van der Waals surface area contributed by atoms with Crippen molar-refractivity contribution in [2.75, 3.05) is 47.2 Å². The van der Waals surface area contributed by atoms with Gasteiger partial charge in [0.05, 0.1) is 18.9 Å². The van der Waals surface area contributed by atoms with Crippen LogP contribution in [0.3, 0.4) is 0 Å². The van der Waals surface area contributed by atoms with Crippen molar-refractivity contribution in [2.24, 2.45) is 0 Å². The first-order valence-electron chi connectivity index (χ1n) is 10.1. The van der Waals surface area contributed by atoms with Crippen LogP contribution in [0, 0.1) is 0 Å². The standard InChI is InChI=1S/C22H26N4O4/c1-14(23-17-5-8-20-19(13-17)25-22(28)15(2)30-20)21(27)24-16-3-6-18(7-4-16)26-9-11-29-12-10-26/h3-8,13-15,23H,9-12H2,1-2H3,(H,24,27)(H,25,28). The lowest BCUT2D eigenvalue weighted by Gasteiger charge is -2.29.